The van der Waals surface area contributed by atoms with Crippen LogP contribution in [0.1, 0.15) is 44.7 Å². The van der Waals surface area contributed by atoms with Gasteiger partial charge in [-0.1, -0.05) is 30.3 Å². The summed E-state index contributed by atoms with van der Waals surface area (Å²) in [5.74, 6) is 0.172. The third-order valence-electron chi connectivity index (χ3n) is 5.23. The zero-order chi connectivity index (χ0) is 15.7. The summed E-state index contributed by atoms with van der Waals surface area (Å²) in [5.41, 5.74) is 1.18. The van der Waals surface area contributed by atoms with Gasteiger partial charge in [-0.2, -0.15) is 0 Å². The number of fused-ring (bicyclic) bond motifs is 2. The van der Waals surface area contributed by atoms with Crippen LogP contribution in [0.4, 0.5) is 0 Å². The van der Waals surface area contributed by atoms with Gasteiger partial charge in [0.05, 0.1) is 12.7 Å². The van der Waals surface area contributed by atoms with Crippen LogP contribution in [0.5, 0.6) is 0 Å². The Balaban J connectivity index is 1.91. The summed E-state index contributed by atoms with van der Waals surface area (Å²) in [5, 5.41) is 10.4. The Morgan fingerprint density at radius 3 is 2.77 bits per heavy atom. The normalized spacial score (nSPS) is 32.7. The summed E-state index contributed by atoms with van der Waals surface area (Å²) in [4.78, 5) is 14.7. The molecule has 1 aromatic rings. The van der Waals surface area contributed by atoms with E-state index in [4.69, 9.17) is 4.74 Å². The van der Waals surface area contributed by atoms with Gasteiger partial charge in [-0.25, -0.2) is 0 Å². The van der Waals surface area contributed by atoms with E-state index in [2.05, 4.69) is 24.0 Å². The average molecular weight is 303 g/mol. The quantitative estimate of drug-likeness (QED) is 0.868. The van der Waals surface area contributed by atoms with Gasteiger partial charge < -0.3 is 9.84 Å². The van der Waals surface area contributed by atoms with Gasteiger partial charge in [-0.15, -0.1) is 0 Å². The second kappa shape index (κ2) is 6.39. The van der Waals surface area contributed by atoms with Crippen LogP contribution in [-0.4, -0.2) is 40.8 Å². The van der Waals surface area contributed by atoms with E-state index in [9.17, 15) is 9.90 Å². The van der Waals surface area contributed by atoms with Crippen LogP contribution < -0.4 is 0 Å². The molecule has 1 aromatic carbocycles. The van der Waals surface area contributed by atoms with Gasteiger partial charge in [-0.3, -0.25) is 9.69 Å². The Bertz CT molecular complexity index is 518. The maximum Gasteiger partial charge on any atom is 0.323 e. The van der Waals surface area contributed by atoms with Crippen LogP contribution in [0.2, 0.25) is 0 Å². The molecule has 4 nitrogen and oxygen atoms in total. The molecule has 0 aromatic heterocycles. The number of carbonyl (C=O) groups is 1. The van der Waals surface area contributed by atoms with Crippen molar-refractivity contribution < 1.29 is 14.6 Å². The molecular weight excluding hydrogens is 278 g/mol. The molecule has 2 bridgehead atoms. The molecule has 1 saturated carbocycles. The number of likely N-dealkylation sites (tertiary alicyclic amines) is 1. The predicted octanol–water partition coefficient (Wildman–Crippen LogP) is 2.52. The first-order chi connectivity index (χ1) is 10.6. The molecule has 0 spiro atoms. The van der Waals surface area contributed by atoms with Crippen LogP contribution >= 0.6 is 0 Å². The molecule has 2 unspecified atom stereocenters. The molecule has 0 radical (unpaired) electrons. The van der Waals surface area contributed by atoms with Crippen molar-refractivity contribution in [3.63, 3.8) is 0 Å². The van der Waals surface area contributed by atoms with Crippen molar-refractivity contribution in [2.24, 2.45) is 5.92 Å². The standard InChI is InChI=1S/C18H25NO3/c1-3-22-18(21)17-14-9-10-16(20)15(11-14)19(17)12(2)13-7-5-4-6-8-13/h4-8,12,14-17,20H,3,9-11H2,1-2H3/t12-,14?,15?,16-,17+/m1/s1. The number of carbonyl (C=O) groups excluding carboxylic acids is 1. The molecule has 3 rings (SSSR count). The maximum absolute atomic E-state index is 12.5. The number of benzene rings is 1. The van der Waals surface area contributed by atoms with E-state index in [0.29, 0.717) is 12.5 Å². The van der Waals surface area contributed by atoms with Crippen molar-refractivity contribution in [2.45, 2.75) is 57.3 Å². The lowest BCUT2D eigenvalue weighted by Crippen LogP contribution is -2.47. The van der Waals surface area contributed by atoms with Crippen molar-refractivity contribution >= 4 is 5.97 Å². The van der Waals surface area contributed by atoms with E-state index in [1.807, 2.05) is 25.1 Å². The molecule has 22 heavy (non-hydrogen) atoms. The van der Waals surface area contributed by atoms with E-state index < -0.39 is 0 Å². The molecule has 1 heterocycles. The van der Waals surface area contributed by atoms with Gasteiger partial charge in [-0.05, 0) is 44.6 Å². The Hall–Kier alpha value is -1.39. The average Bonchev–Trinajstić information content (AvgIpc) is 2.86. The van der Waals surface area contributed by atoms with Crippen LogP contribution in [0.15, 0.2) is 30.3 Å². The highest BCUT2D eigenvalue weighted by Crippen LogP contribution is 2.45. The summed E-state index contributed by atoms with van der Waals surface area (Å²) >= 11 is 0. The van der Waals surface area contributed by atoms with E-state index in [-0.39, 0.29) is 30.2 Å². The summed E-state index contributed by atoms with van der Waals surface area (Å²) in [6.45, 7) is 4.37. The van der Waals surface area contributed by atoms with Gasteiger partial charge in [0.2, 0.25) is 0 Å². The minimum atomic E-state index is -0.346. The fourth-order valence-electron chi connectivity index (χ4n) is 4.19. The number of aliphatic hydroxyl groups excluding tert-OH is 1. The molecule has 1 aliphatic heterocycles. The van der Waals surface area contributed by atoms with Crippen molar-refractivity contribution in [3.8, 4) is 0 Å². The number of rotatable bonds is 4. The highest BCUT2D eigenvalue weighted by atomic mass is 16.5. The van der Waals surface area contributed by atoms with Gasteiger partial charge in [0.15, 0.2) is 0 Å². The van der Waals surface area contributed by atoms with Gasteiger partial charge in [0.25, 0.3) is 0 Å². The second-order valence-corrected chi connectivity index (χ2v) is 6.44. The van der Waals surface area contributed by atoms with Crippen molar-refractivity contribution in [1.29, 1.82) is 0 Å². The van der Waals surface area contributed by atoms with E-state index >= 15 is 0 Å². The lowest BCUT2D eigenvalue weighted by molar-refractivity contribution is -0.151. The summed E-state index contributed by atoms with van der Waals surface area (Å²) < 4.78 is 5.32. The van der Waals surface area contributed by atoms with Crippen LogP contribution in [0, 0.1) is 5.92 Å². The molecule has 1 saturated heterocycles. The third-order valence-corrected chi connectivity index (χ3v) is 5.23. The van der Waals surface area contributed by atoms with Crippen molar-refractivity contribution in [3.05, 3.63) is 35.9 Å². The molecule has 1 aliphatic carbocycles. The van der Waals surface area contributed by atoms with E-state index in [1.165, 1.54) is 5.56 Å². The Kier molecular flexibility index (Phi) is 4.50. The van der Waals surface area contributed by atoms with Crippen LogP contribution in [0.3, 0.4) is 0 Å². The predicted molar refractivity (Wildman–Crippen MR) is 84.3 cm³/mol. The fourth-order valence-corrected chi connectivity index (χ4v) is 4.19. The Morgan fingerprint density at radius 2 is 2.09 bits per heavy atom. The monoisotopic (exact) mass is 303 g/mol. The van der Waals surface area contributed by atoms with E-state index in [0.717, 1.165) is 19.3 Å². The molecular formula is C18H25NO3. The minimum absolute atomic E-state index is 0.0587. The number of esters is 1. The molecule has 0 amide bonds. The highest BCUT2D eigenvalue weighted by molar-refractivity contribution is 5.77. The summed E-state index contributed by atoms with van der Waals surface area (Å²) in [7, 11) is 0. The first-order valence-corrected chi connectivity index (χ1v) is 8.30. The number of aliphatic hydroxyl groups is 1. The van der Waals surface area contributed by atoms with Gasteiger partial charge in [0, 0.05) is 12.1 Å². The third kappa shape index (κ3) is 2.66. The maximum atomic E-state index is 12.5. The summed E-state index contributed by atoms with van der Waals surface area (Å²) in [6.07, 6.45) is 2.23. The lowest BCUT2D eigenvalue weighted by atomic mass is 9.85. The Labute approximate surface area is 132 Å². The van der Waals surface area contributed by atoms with Gasteiger partial charge >= 0.3 is 5.97 Å². The summed E-state index contributed by atoms with van der Waals surface area (Å²) in [6, 6.07) is 10.1. The van der Waals surface area contributed by atoms with Crippen molar-refractivity contribution in [1.82, 2.24) is 4.90 Å². The molecule has 2 aliphatic rings. The number of nitrogens with zero attached hydrogens (tertiary/aromatic N) is 1. The SMILES string of the molecule is CCOC(=O)[C@@H]1C2CC[C@@H](O)C(C2)N1[C@H](C)c1ccccc1. The fraction of sp³-hybridized carbons (Fsp3) is 0.611. The number of hydrogen-bond acceptors (Lipinski definition) is 4. The van der Waals surface area contributed by atoms with E-state index in [1.54, 1.807) is 0 Å². The highest BCUT2D eigenvalue weighted by Gasteiger charge is 2.52. The van der Waals surface area contributed by atoms with Crippen LogP contribution in [-0.2, 0) is 9.53 Å². The molecule has 4 heteroatoms. The topological polar surface area (TPSA) is 49.8 Å². The molecule has 1 N–H and O–H groups in total. The molecule has 5 atom stereocenters. The molecule has 2 fully saturated rings. The smallest absolute Gasteiger partial charge is 0.323 e. The first-order valence-electron chi connectivity index (χ1n) is 8.30. The van der Waals surface area contributed by atoms with Gasteiger partial charge in [0.1, 0.15) is 6.04 Å². The second-order valence-electron chi connectivity index (χ2n) is 6.44. The first kappa shape index (κ1) is 15.5. The number of hydrogen-bond donors (Lipinski definition) is 1. The minimum Gasteiger partial charge on any atom is -0.465 e. The Morgan fingerprint density at radius 1 is 1.36 bits per heavy atom. The zero-order valence-corrected chi connectivity index (χ0v) is 13.3. The number of ether oxygens (including phenoxy) is 1. The zero-order valence-electron chi connectivity index (χ0n) is 13.3. The largest absolute Gasteiger partial charge is 0.465 e. The lowest BCUT2D eigenvalue weighted by Gasteiger charge is -2.36. The van der Waals surface area contributed by atoms with Crippen LogP contribution in [0.25, 0.3) is 0 Å². The molecule has 120 valence electrons. The van der Waals surface area contributed by atoms with Crippen molar-refractivity contribution in [2.75, 3.05) is 6.61 Å².